The van der Waals surface area contributed by atoms with Crippen LogP contribution in [0.15, 0.2) is 48.6 Å². The molecule has 2 N–H and O–H groups in total. The lowest BCUT2D eigenvalue weighted by Gasteiger charge is -2.27. The van der Waals surface area contributed by atoms with Gasteiger partial charge in [-0.2, -0.15) is 0 Å². The van der Waals surface area contributed by atoms with Gasteiger partial charge in [-0.3, -0.25) is 18.6 Å². The van der Waals surface area contributed by atoms with Crippen molar-refractivity contribution >= 4 is 19.7 Å². The zero-order chi connectivity index (χ0) is 51.5. The van der Waals surface area contributed by atoms with Crippen LogP contribution in [0, 0.1) is 0 Å². The molecule has 10 heteroatoms. The van der Waals surface area contributed by atoms with E-state index in [0.717, 1.165) is 70.6 Å². The maximum Gasteiger partial charge on any atom is 0.472 e. The first-order valence-corrected chi connectivity index (χ1v) is 31.0. The number of esters is 1. The highest BCUT2D eigenvalue weighted by Gasteiger charge is 2.30. The average molecular weight is 1010 g/mol. The number of carbonyl (C=O) groups is 2. The number of nitrogens with one attached hydrogen (secondary N) is 1. The van der Waals surface area contributed by atoms with Gasteiger partial charge in [-0.15, -0.1) is 0 Å². The molecule has 0 aromatic heterocycles. The highest BCUT2D eigenvalue weighted by molar-refractivity contribution is 7.47. The van der Waals surface area contributed by atoms with Gasteiger partial charge in [-0.05, 0) is 89.5 Å². The molecular formula is C60H114N2O7P+. The van der Waals surface area contributed by atoms with Crippen LogP contribution in [0.4, 0.5) is 0 Å². The minimum absolute atomic E-state index is 0.0372. The number of carbonyl (C=O) groups excluding carboxylic acids is 2. The topological polar surface area (TPSA) is 111 Å². The molecule has 0 bridgehead atoms. The van der Waals surface area contributed by atoms with E-state index in [2.05, 4.69) is 62.5 Å². The summed E-state index contributed by atoms with van der Waals surface area (Å²) in [5.41, 5.74) is 0. The highest BCUT2D eigenvalue weighted by atomic mass is 31.2. The Kier molecular flexibility index (Phi) is 49.0. The maximum absolute atomic E-state index is 13.5. The molecule has 0 aromatic rings. The number of hydrogen-bond acceptors (Lipinski definition) is 6. The second kappa shape index (κ2) is 50.5. The van der Waals surface area contributed by atoms with Crippen molar-refractivity contribution in [1.82, 2.24) is 5.32 Å². The molecule has 0 radical (unpaired) electrons. The smallest absolute Gasteiger partial charge is 0.456 e. The number of nitrogens with zero attached hydrogens (tertiary/aromatic N) is 1. The molecule has 3 atom stereocenters. The number of quaternary nitrogens is 1. The molecule has 3 unspecified atom stereocenters. The van der Waals surface area contributed by atoms with Crippen molar-refractivity contribution in [2.45, 2.75) is 283 Å². The van der Waals surface area contributed by atoms with Crippen molar-refractivity contribution in [3.63, 3.8) is 0 Å². The maximum atomic E-state index is 13.5. The molecule has 0 aliphatic heterocycles. The van der Waals surface area contributed by atoms with Crippen molar-refractivity contribution < 1.29 is 37.3 Å². The van der Waals surface area contributed by atoms with Gasteiger partial charge in [0.05, 0.1) is 33.8 Å². The third kappa shape index (κ3) is 50.9. The minimum atomic E-state index is -4.45. The fraction of sp³-hybridized carbons (Fsp3) is 0.833. The average Bonchev–Trinajstić information content (AvgIpc) is 3.32. The fourth-order valence-electron chi connectivity index (χ4n) is 8.38. The molecule has 0 saturated carbocycles. The van der Waals surface area contributed by atoms with Gasteiger partial charge in [0.1, 0.15) is 19.3 Å². The molecule has 0 aliphatic rings. The second-order valence-corrected chi connectivity index (χ2v) is 22.6. The van der Waals surface area contributed by atoms with E-state index in [0.29, 0.717) is 23.9 Å². The Morgan fingerprint density at radius 1 is 0.500 bits per heavy atom. The van der Waals surface area contributed by atoms with Crippen molar-refractivity contribution in [3.8, 4) is 0 Å². The predicted molar refractivity (Wildman–Crippen MR) is 300 cm³/mol. The molecule has 0 heterocycles. The molecule has 0 aromatic carbocycles. The Bertz CT molecular complexity index is 1340. The van der Waals surface area contributed by atoms with Crippen LogP contribution in [0.1, 0.15) is 271 Å². The summed E-state index contributed by atoms with van der Waals surface area (Å²) in [4.78, 5) is 37.6. The summed E-state index contributed by atoms with van der Waals surface area (Å²) in [5.74, 6) is -0.524. The van der Waals surface area contributed by atoms with Gasteiger partial charge in [0.2, 0.25) is 5.91 Å². The third-order valence-corrected chi connectivity index (χ3v) is 14.0. The highest BCUT2D eigenvalue weighted by Crippen LogP contribution is 2.43. The van der Waals surface area contributed by atoms with Gasteiger partial charge < -0.3 is 19.4 Å². The van der Waals surface area contributed by atoms with E-state index in [9.17, 15) is 19.0 Å². The SMILES string of the molecule is CCCCC/C=C\C/C=C\CCCCCCCCCCCC(=O)NC(COP(=O)(O)OCC[N+](C)(C)C)C(/C=C\CCCCCCCCCCC)OC(=O)CCCCC/C=C\CCCCCCCCC. The van der Waals surface area contributed by atoms with Gasteiger partial charge >= 0.3 is 13.8 Å². The molecule has 0 spiro atoms. The van der Waals surface area contributed by atoms with E-state index in [1.807, 2.05) is 33.3 Å². The summed E-state index contributed by atoms with van der Waals surface area (Å²) in [5, 5.41) is 3.04. The quantitative estimate of drug-likeness (QED) is 0.0205. The summed E-state index contributed by atoms with van der Waals surface area (Å²) in [6, 6.07) is -0.854. The van der Waals surface area contributed by atoms with Gasteiger partial charge in [0.15, 0.2) is 0 Å². The van der Waals surface area contributed by atoms with E-state index in [1.54, 1.807) is 0 Å². The zero-order valence-corrected chi connectivity index (χ0v) is 47.7. The summed E-state index contributed by atoms with van der Waals surface area (Å²) in [7, 11) is 1.49. The van der Waals surface area contributed by atoms with E-state index >= 15 is 0 Å². The molecule has 1 amide bonds. The van der Waals surface area contributed by atoms with Crippen LogP contribution in [-0.2, 0) is 27.9 Å². The molecule has 0 fully saturated rings. The number of phosphoric acid groups is 1. The van der Waals surface area contributed by atoms with E-state index < -0.39 is 20.0 Å². The first-order chi connectivity index (χ1) is 33.9. The number of likely N-dealkylation sites (N-methyl/N-ethyl adjacent to an activating group) is 1. The van der Waals surface area contributed by atoms with Crippen LogP contribution in [-0.4, -0.2) is 74.3 Å². The summed E-state index contributed by atoms with van der Waals surface area (Å²) in [6.45, 7) is 6.97. The number of hydrogen-bond donors (Lipinski definition) is 2. The van der Waals surface area contributed by atoms with Crippen molar-refractivity contribution in [2.75, 3.05) is 40.9 Å². The Balaban J connectivity index is 5.28. The molecule has 0 rings (SSSR count). The number of unbranched alkanes of at least 4 members (excludes halogenated alkanes) is 31. The molecule has 0 aliphatic carbocycles. The van der Waals surface area contributed by atoms with E-state index in [1.165, 1.54) is 161 Å². The molecule has 410 valence electrons. The Hall–Kier alpha value is -2.03. The molecule has 9 nitrogen and oxygen atoms in total. The van der Waals surface area contributed by atoms with Crippen LogP contribution in [0.3, 0.4) is 0 Å². The predicted octanol–water partition coefficient (Wildman–Crippen LogP) is 17.7. The number of allylic oxidation sites excluding steroid dienone is 7. The third-order valence-electron chi connectivity index (χ3n) is 13.0. The van der Waals surface area contributed by atoms with Crippen LogP contribution < -0.4 is 5.32 Å². The molecular weight excluding hydrogens is 892 g/mol. The fourth-order valence-corrected chi connectivity index (χ4v) is 9.11. The van der Waals surface area contributed by atoms with Crippen LogP contribution in [0.5, 0.6) is 0 Å². The first kappa shape index (κ1) is 68.0. The number of ether oxygens (including phenoxy) is 1. The number of amides is 1. The monoisotopic (exact) mass is 1010 g/mol. The summed E-state index contributed by atoms with van der Waals surface area (Å²) < 4.78 is 30.6. The van der Waals surface area contributed by atoms with Crippen LogP contribution in [0.25, 0.3) is 0 Å². The van der Waals surface area contributed by atoms with E-state index in [-0.39, 0.29) is 31.5 Å². The Labute approximate surface area is 433 Å². The van der Waals surface area contributed by atoms with Crippen molar-refractivity contribution in [1.29, 1.82) is 0 Å². The first-order valence-electron chi connectivity index (χ1n) is 29.5. The van der Waals surface area contributed by atoms with Gasteiger partial charge in [0.25, 0.3) is 0 Å². The Morgan fingerprint density at radius 2 is 0.871 bits per heavy atom. The normalized spacial score (nSPS) is 14.1. The van der Waals surface area contributed by atoms with Crippen LogP contribution in [0.2, 0.25) is 0 Å². The van der Waals surface area contributed by atoms with Gasteiger partial charge in [-0.25, -0.2) is 4.57 Å². The minimum Gasteiger partial charge on any atom is -0.456 e. The van der Waals surface area contributed by atoms with Gasteiger partial charge in [0, 0.05) is 12.8 Å². The Morgan fingerprint density at radius 3 is 1.34 bits per heavy atom. The lowest BCUT2D eigenvalue weighted by atomic mass is 10.0. The lowest BCUT2D eigenvalue weighted by molar-refractivity contribution is -0.870. The van der Waals surface area contributed by atoms with Crippen LogP contribution >= 0.6 is 7.82 Å². The number of phosphoric ester groups is 1. The van der Waals surface area contributed by atoms with Crippen molar-refractivity contribution in [3.05, 3.63) is 48.6 Å². The van der Waals surface area contributed by atoms with Crippen molar-refractivity contribution in [2.24, 2.45) is 0 Å². The summed E-state index contributed by atoms with van der Waals surface area (Å²) in [6.07, 6.45) is 61.0. The summed E-state index contributed by atoms with van der Waals surface area (Å²) >= 11 is 0. The van der Waals surface area contributed by atoms with Gasteiger partial charge in [-0.1, -0.05) is 217 Å². The standard InChI is InChI=1S/C60H113N2O7P/c1-7-10-13-16-19-22-25-27-29-30-31-32-33-34-37-40-43-46-49-52-59(63)61-57(56-68-70(65,66)67-55-54-62(4,5)6)58(51-48-45-42-39-36-24-21-18-15-12-9-3)69-60(64)53-50-47-44-41-38-35-28-26-23-20-17-14-11-8-2/h19,22,27,29,35,38,48,51,57-58H,7-18,20-21,23-26,28,30-34,36-37,39-47,49-50,52-56H2,1-6H3,(H-,61,63,65,66)/p+1/b22-19-,29-27-,38-35-,51-48-. The lowest BCUT2D eigenvalue weighted by Crippen LogP contribution is -2.47. The molecule has 0 saturated heterocycles. The largest absolute Gasteiger partial charge is 0.472 e. The molecule has 70 heavy (non-hydrogen) atoms. The van der Waals surface area contributed by atoms with E-state index in [4.69, 9.17) is 13.8 Å². The second-order valence-electron chi connectivity index (χ2n) is 21.2. The zero-order valence-electron chi connectivity index (χ0n) is 46.8. The number of rotatable bonds is 53.